The van der Waals surface area contributed by atoms with E-state index >= 15 is 0 Å². The highest BCUT2D eigenvalue weighted by Gasteiger charge is 2.24. The van der Waals surface area contributed by atoms with Crippen molar-refractivity contribution in [2.45, 2.75) is 12.8 Å². The summed E-state index contributed by atoms with van der Waals surface area (Å²) in [4.78, 5) is 0. The molecule has 0 bridgehead atoms. The maximum atomic E-state index is 2.32. The Bertz CT molecular complexity index is 988. The fraction of sp³-hybridized carbons (Fsp3) is 0.0833. The molecule has 24 heavy (non-hydrogen) atoms. The molecule has 0 nitrogen and oxygen atoms in total. The first-order valence-corrected chi connectivity index (χ1v) is 8.57. The molecule has 0 aliphatic heterocycles. The number of allylic oxidation sites excluding steroid dienone is 4. The first kappa shape index (κ1) is 13.6. The van der Waals surface area contributed by atoms with Crippen molar-refractivity contribution in [2.24, 2.45) is 0 Å². The summed E-state index contributed by atoms with van der Waals surface area (Å²) in [5.41, 5.74) is 11.3. The van der Waals surface area contributed by atoms with Crippen molar-refractivity contribution in [1.82, 2.24) is 0 Å². The van der Waals surface area contributed by atoms with Gasteiger partial charge >= 0.3 is 0 Å². The molecule has 5 rings (SSSR count). The molecule has 0 saturated heterocycles. The van der Waals surface area contributed by atoms with Gasteiger partial charge in [-0.05, 0) is 57.4 Å². The van der Waals surface area contributed by atoms with E-state index in [9.17, 15) is 0 Å². The highest BCUT2D eigenvalue weighted by Crippen LogP contribution is 2.45. The highest BCUT2D eigenvalue weighted by molar-refractivity contribution is 5.92. The van der Waals surface area contributed by atoms with Gasteiger partial charge in [-0.1, -0.05) is 85.0 Å². The van der Waals surface area contributed by atoms with E-state index in [2.05, 4.69) is 85.0 Å². The molecule has 2 aliphatic rings. The fourth-order valence-electron chi connectivity index (χ4n) is 4.07. The molecule has 0 heterocycles. The summed E-state index contributed by atoms with van der Waals surface area (Å²) in [6, 6.07) is 24.2. The number of hydrogen-bond acceptors (Lipinski definition) is 0. The second-order valence-corrected chi connectivity index (χ2v) is 6.54. The van der Waals surface area contributed by atoms with Gasteiger partial charge in [0.1, 0.15) is 0 Å². The first-order valence-electron chi connectivity index (χ1n) is 8.57. The Kier molecular flexibility index (Phi) is 3.02. The van der Waals surface area contributed by atoms with E-state index in [-0.39, 0.29) is 0 Å². The first-order chi connectivity index (χ1) is 11.9. The molecule has 3 aromatic rings. The zero-order chi connectivity index (χ0) is 15.9. The summed E-state index contributed by atoms with van der Waals surface area (Å²) in [7, 11) is 0. The predicted molar refractivity (Wildman–Crippen MR) is 102 cm³/mol. The van der Waals surface area contributed by atoms with E-state index in [0.717, 1.165) is 12.8 Å². The van der Waals surface area contributed by atoms with Gasteiger partial charge in [0.15, 0.2) is 0 Å². The second kappa shape index (κ2) is 5.35. The average Bonchev–Trinajstić information content (AvgIpc) is 3.29. The molecule has 114 valence electrons. The molecule has 0 fully saturated rings. The monoisotopic (exact) mass is 306 g/mol. The van der Waals surface area contributed by atoms with Crippen molar-refractivity contribution in [1.29, 1.82) is 0 Å². The van der Waals surface area contributed by atoms with Crippen LogP contribution in [0.2, 0.25) is 0 Å². The number of benzene rings is 3. The van der Waals surface area contributed by atoms with Gasteiger partial charge < -0.3 is 0 Å². The third kappa shape index (κ3) is 2.00. The van der Waals surface area contributed by atoms with Gasteiger partial charge in [0, 0.05) is 0 Å². The van der Waals surface area contributed by atoms with Crippen molar-refractivity contribution in [3.63, 3.8) is 0 Å². The van der Waals surface area contributed by atoms with Crippen LogP contribution >= 0.6 is 0 Å². The molecular formula is C24H18. The smallest absolute Gasteiger partial charge is 0.000718 e. The molecule has 0 N–H and O–H groups in total. The Morgan fingerprint density at radius 3 is 2.29 bits per heavy atom. The number of hydrogen-bond donors (Lipinski definition) is 0. The number of fused-ring (bicyclic) bond motifs is 3. The Labute approximate surface area is 142 Å². The molecule has 0 unspecified atom stereocenters. The SMILES string of the molecule is C1=CCC(c2c(-c3ccccc3)ccc3c2Cc2ccccc2-3)=C1. The third-order valence-corrected chi connectivity index (χ3v) is 5.16. The number of rotatable bonds is 2. The van der Waals surface area contributed by atoms with E-state index in [1.165, 1.54) is 44.5 Å². The third-order valence-electron chi connectivity index (χ3n) is 5.16. The van der Waals surface area contributed by atoms with E-state index in [1.54, 1.807) is 0 Å². The van der Waals surface area contributed by atoms with Crippen molar-refractivity contribution in [3.05, 3.63) is 102 Å². The van der Waals surface area contributed by atoms with Crippen LogP contribution in [0.1, 0.15) is 23.1 Å². The Hall–Kier alpha value is -2.86. The lowest BCUT2D eigenvalue weighted by atomic mass is 9.87. The van der Waals surface area contributed by atoms with Gasteiger partial charge in [-0.15, -0.1) is 0 Å². The molecule has 0 radical (unpaired) electrons. The van der Waals surface area contributed by atoms with Crippen LogP contribution in [-0.2, 0) is 6.42 Å². The van der Waals surface area contributed by atoms with Gasteiger partial charge in [-0.3, -0.25) is 0 Å². The molecule has 0 atom stereocenters. The molecule has 0 saturated carbocycles. The van der Waals surface area contributed by atoms with Gasteiger partial charge in [-0.25, -0.2) is 0 Å². The van der Waals surface area contributed by atoms with Crippen LogP contribution in [0.25, 0.3) is 27.8 Å². The Balaban J connectivity index is 1.78. The molecule has 2 aliphatic carbocycles. The summed E-state index contributed by atoms with van der Waals surface area (Å²) in [6.45, 7) is 0. The normalized spacial score (nSPS) is 14.4. The molecule has 3 aromatic carbocycles. The Morgan fingerprint density at radius 1 is 0.667 bits per heavy atom. The van der Waals surface area contributed by atoms with Crippen molar-refractivity contribution >= 4 is 5.57 Å². The molecular weight excluding hydrogens is 288 g/mol. The van der Waals surface area contributed by atoms with Gasteiger partial charge in [0.2, 0.25) is 0 Å². The largest absolute Gasteiger partial charge is 0.0801 e. The quantitative estimate of drug-likeness (QED) is 0.409. The maximum Gasteiger partial charge on any atom is -0.000718 e. The van der Waals surface area contributed by atoms with Crippen LogP contribution in [0.5, 0.6) is 0 Å². The zero-order valence-corrected chi connectivity index (χ0v) is 13.5. The van der Waals surface area contributed by atoms with E-state index in [4.69, 9.17) is 0 Å². The topological polar surface area (TPSA) is 0 Å². The van der Waals surface area contributed by atoms with E-state index < -0.39 is 0 Å². The second-order valence-electron chi connectivity index (χ2n) is 6.54. The molecule has 0 heteroatoms. The zero-order valence-electron chi connectivity index (χ0n) is 13.5. The van der Waals surface area contributed by atoms with Gasteiger partial charge in [0.05, 0.1) is 0 Å². The van der Waals surface area contributed by atoms with E-state index in [0.29, 0.717) is 0 Å². The Morgan fingerprint density at radius 2 is 1.46 bits per heavy atom. The fourth-order valence-corrected chi connectivity index (χ4v) is 4.07. The van der Waals surface area contributed by atoms with Crippen LogP contribution in [0.4, 0.5) is 0 Å². The highest BCUT2D eigenvalue weighted by atomic mass is 14.3. The van der Waals surface area contributed by atoms with Gasteiger partial charge in [0.25, 0.3) is 0 Å². The summed E-state index contributed by atoms with van der Waals surface area (Å²) in [6.07, 6.45) is 8.80. The van der Waals surface area contributed by atoms with Crippen molar-refractivity contribution in [2.75, 3.05) is 0 Å². The van der Waals surface area contributed by atoms with E-state index in [1.807, 2.05) is 0 Å². The minimum Gasteiger partial charge on any atom is -0.0801 e. The summed E-state index contributed by atoms with van der Waals surface area (Å²) in [5, 5.41) is 0. The standard InChI is InChI=1S/C24H18/c1-2-8-17(9-3-1)21-14-15-22-20-13-7-6-12-19(20)16-23(22)24(21)18-10-4-5-11-18/h1-10,12-15H,11,16H2. The van der Waals surface area contributed by atoms with Crippen LogP contribution in [-0.4, -0.2) is 0 Å². The van der Waals surface area contributed by atoms with Crippen LogP contribution < -0.4 is 0 Å². The summed E-state index contributed by atoms with van der Waals surface area (Å²) >= 11 is 0. The van der Waals surface area contributed by atoms with Crippen molar-refractivity contribution in [3.8, 4) is 22.3 Å². The maximum absolute atomic E-state index is 2.32. The molecule has 0 amide bonds. The lowest BCUT2D eigenvalue weighted by Gasteiger charge is -2.16. The van der Waals surface area contributed by atoms with Crippen molar-refractivity contribution < 1.29 is 0 Å². The van der Waals surface area contributed by atoms with Crippen LogP contribution in [0, 0.1) is 0 Å². The van der Waals surface area contributed by atoms with Crippen LogP contribution in [0.3, 0.4) is 0 Å². The lowest BCUT2D eigenvalue weighted by Crippen LogP contribution is -1.96. The summed E-state index contributed by atoms with van der Waals surface area (Å²) in [5.74, 6) is 0. The average molecular weight is 306 g/mol. The lowest BCUT2D eigenvalue weighted by molar-refractivity contribution is 1.24. The summed E-state index contributed by atoms with van der Waals surface area (Å²) < 4.78 is 0. The van der Waals surface area contributed by atoms with Crippen LogP contribution in [0.15, 0.2) is 85.0 Å². The predicted octanol–water partition coefficient (Wildman–Crippen LogP) is 6.27. The molecule has 0 aromatic heterocycles. The van der Waals surface area contributed by atoms with Gasteiger partial charge in [-0.2, -0.15) is 0 Å². The minimum absolute atomic E-state index is 1.03. The minimum atomic E-state index is 1.03. The molecule has 0 spiro atoms.